The molecule has 328 valence electrons. The van der Waals surface area contributed by atoms with E-state index in [1.807, 2.05) is 24.3 Å². The molecule has 0 aliphatic carbocycles. The topological polar surface area (TPSA) is 100 Å². The Bertz CT molecular complexity index is 1970. The second kappa shape index (κ2) is 27.1. The number of aromatic amines is 2. The van der Waals surface area contributed by atoms with Crippen LogP contribution in [0.3, 0.4) is 0 Å². The summed E-state index contributed by atoms with van der Waals surface area (Å²) in [6, 6.07) is 8.38. The molecule has 3 aromatic heterocycles. The Morgan fingerprint density at radius 1 is 0.400 bits per heavy atom. The van der Waals surface area contributed by atoms with E-state index in [0.717, 1.165) is 84.1 Å². The highest BCUT2D eigenvalue weighted by molar-refractivity contribution is 5.86. The largest absolute Gasteiger partial charge is 0.355 e. The smallest absolute Gasteiger partial charge is 0.318 e. The maximum absolute atomic E-state index is 12.8. The van der Waals surface area contributed by atoms with Crippen LogP contribution in [-0.2, 0) is 19.3 Å². The van der Waals surface area contributed by atoms with E-state index in [2.05, 4.69) is 55.0 Å². The second-order valence-electron chi connectivity index (χ2n) is 17.8. The SMILES string of the molecule is CCCCCCCCCCCc1c2nc(c(CCCCCCCCCCC)c3ccc([nH]3)c(CCCCCCCCCCC)c3ccc([nH]3)c([N+](=O)[O-])c3nc1C=C3)C=C2. The van der Waals surface area contributed by atoms with Gasteiger partial charge in [-0.25, -0.2) is 9.97 Å². The van der Waals surface area contributed by atoms with Crippen molar-refractivity contribution in [2.75, 3.05) is 0 Å². The molecule has 0 saturated heterocycles. The predicted molar refractivity (Wildman–Crippen MR) is 258 cm³/mol. The number of aryl methyl sites for hydroxylation is 2. The van der Waals surface area contributed by atoms with E-state index in [0.29, 0.717) is 11.2 Å². The number of nitrogens with one attached hydrogen (secondary N) is 2. The van der Waals surface area contributed by atoms with Gasteiger partial charge >= 0.3 is 5.69 Å². The number of unbranched alkanes of at least 4 members (excludes halogenated alkanes) is 24. The Morgan fingerprint density at radius 3 is 1.13 bits per heavy atom. The molecule has 0 atom stereocenters. The van der Waals surface area contributed by atoms with Crippen LogP contribution in [0.2, 0.25) is 0 Å². The molecule has 5 heterocycles. The van der Waals surface area contributed by atoms with Gasteiger partial charge in [-0.1, -0.05) is 175 Å². The van der Waals surface area contributed by atoms with Gasteiger partial charge in [0, 0.05) is 27.7 Å². The molecule has 2 N–H and O–H groups in total. The average molecular weight is 818 g/mol. The van der Waals surface area contributed by atoms with Crippen molar-refractivity contribution in [3.05, 3.63) is 73.8 Å². The molecule has 0 unspecified atom stereocenters. The lowest BCUT2D eigenvalue weighted by atomic mass is 10.0. The Morgan fingerprint density at radius 2 is 0.700 bits per heavy atom. The van der Waals surface area contributed by atoms with Gasteiger partial charge in [0.1, 0.15) is 11.2 Å². The molecular weight excluding hydrogens is 739 g/mol. The Balaban J connectivity index is 1.50. The fourth-order valence-corrected chi connectivity index (χ4v) is 9.19. The zero-order valence-corrected chi connectivity index (χ0v) is 38.0. The summed E-state index contributed by atoms with van der Waals surface area (Å²) in [6.45, 7) is 6.83. The summed E-state index contributed by atoms with van der Waals surface area (Å²) < 4.78 is 0. The van der Waals surface area contributed by atoms with Gasteiger partial charge in [-0.05, 0) is 92.7 Å². The minimum atomic E-state index is -0.273. The lowest BCUT2D eigenvalue weighted by Crippen LogP contribution is -1.97. The highest BCUT2D eigenvalue weighted by Gasteiger charge is 2.21. The summed E-state index contributed by atoms with van der Waals surface area (Å²) in [6.07, 6.45) is 45.4. The van der Waals surface area contributed by atoms with Crippen LogP contribution in [-0.4, -0.2) is 24.9 Å². The summed E-state index contributed by atoms with van der Waals surface area (Å²) in [4.78, 5) is 30.3. The van der Waals surface area contributed by atoms with Gasteiger partial charge in [0.05, 0.1) is 22.0 Å². The molecule has 0 spiro atoms. The number of fused-ring (bicyclic) bond motifs is 8. The summed E-state index contributed by atoms with van der Waals surface area (Å²) in [7, 11) is 0. The Labute approximate surface area is 363 Å². The van der Waals surface area contributed by atoms with Crippen molar-refractivity contribution in [3.63, 3.8) is 0 Å². The molecule has 7 nitrogen and oxygen atoms in total. The van der Waals surface area contributed by atoms with Gasteiger partial charge in [-0.2, -0.15) is 0 Å². The first-order valence-electron chi connectivity index (χ1n) is 24.8. The van der Waals surface area contributed by atoms with Crippen LogP contribution in [0.25, 0.3) is 46.4 Å². The normalized spacial score (nSPS) is 12.2. The number of rotatable bonds is 31. The first-order chi connectivity index (χ1) is 29.5. The second-order valence-corrected chi connectivity index (χ2v) is 17.8. The quantitative estimate of drug-likeness (QED) is 0.0264. The van der Waals surface area contributed by atoms with Crippen molar-refractivity contribution in [1.82, 2.24) is 19.9 Å². The number of H-pyrrole nitrogens is 2. The minimum Gasteiger partial charge on any atom is -0.355 e. The average Bonchev–Trinajstić information content (AvgIpc) is 4.10. The summed E-state index contributed by atoms with van der Waals surface area (Å²) in [5, 5.41) is 12.8. The Hall–Kier alpha value is -4.00. The molecule has 5 rings (SSSR count). The highest BCUT2D eigenvalue weighted by Crippen LogP contribution is 2.32. The molecule has 60 heavy (non-hydrogen) atoms. The molecule has 2 aliphatic heterocycles. The van der Waals surface area contributed by atoms with Crippen molar-refractivity contribution in [2.24, 2.45) is 0 Å². The molecule has 0 fully saturated rings. The van der Waals surface area contributed by atoms with E-state index >= 15 is 0 Å². The fraction of sp³-hybridized carbons (Fsp3) is 0.623. The zero-order chi connectivity index (χ0) is 42.2. The van der Waals surface area contributed by atoms with E-state index in [1.54, 1.807) is 0 Å². The van der Waals surface area contributed by atoms with E-state index < -0.39 is 0 Å². The van der Waals surface area contributed by atoms with Crippen LogP contribution in [0.4, 0.5) is 5.69 Å². The predicted octanol–water partition coefficient (Wildman–Crippen LogP) is 16.8. The van der Waals surface area contributed by atoms with Gasteiger partial charge in [0.2, 0.25) is 0 Å². The number of aromatic nitrogens is 4. The number of hydrogen-bond acceptors (Lipinski definition) is 4. The molecule has 0 amide bonds. The summed E-state index contributed by atoms with van der Waals surface area (Å²) in [5.41, 5.74) is 10.4. The van der Waals surface area contributed by atoms with E-state index in [4.69, 9.17) is 9.97 Å². The van der Waals surface area contributed by atoms with E-state index in [1.165, 1.54) is 159 Å². The van der Waals surface area contributed by atoms with Crippen LogP contribution in [0, 0.1) is 10.1 Å². The molecular formula is C53H79N5O2. The van der Waals surface area contributed by atoms with Crippen molar-refractivity contribution in [3.8, 4) is 0 Å². The van der Waals surface area contributed by atoms with Crippen LogP contribution in [0.5, 0.6) is 0 Å². The number of nitro groups is 1. The standard InChI is InChI=1S/C53H79N5O2/c1-4-7-10-13-16-19-22-25-28-31-42-45-34-36-47(54-45)43(32-29-26-23-20-17-14-11-8-5-2)49-38-40-51(56-49)53(58(59)60)52-41-39-50(57-52)44(48-37-35-46(42)55-48)33-30-27-24-21-18-15-12-9-6-3/h34-41,54,56H,4-33H2,1-3H3. The van der Waals surface area contributed by atoms with E-state index in [9.17, 15) is 10.1 Å². The minimum absolute atomic E-state index is 0.0179. The van der Waals surface area contributed by atoms with Crippen LogP contribution in [0.1, 0.15) is 234 Å². The molecule has 0 saturated carbocycles. The van der Waals surface area contributed by atoms with Crippen molar-refractivity contribution in [2.45, 2.75) is 213 Å². The maximum atomic E-state index is 12.8. The monoisotopic (exact) mass is 818 g/mol. The number of nitrogens with zero attached hydrogens (tertiary/aromatic N) is 3. The lowest BCUT2D eigenvalue weighted by molar-refractivity contribution is -0.383. The lowest BCUT2D eigenvalue weighted by Gasteiger charge is -2.07. The van der Waals surface area contributed by atoms with Gasteiger partial charge in [0.25, 0.3) is 0 Å². The first-order valence-corrected chi connectivity index (χ1v) is 24.8. The van der Waals surface area contributed by atoms with Crippen molar-refractivity contribution in [1.29, 1.82) is 0 Å². The molecule has 3 aromatic rings. The zero-order valence-electron chi connectivity index (χ0n) is 38.0. The van der Waals surface area contributed by atoms with Gasteiger partial charge < -0.3 is 9.97 Å². The van der Waals surface area contributed by atoms with Crippen LogP contribution < -0.4 is 0 Å². The van der Waals surface area contributed by atoms with Gasteiger partial charge in [-0.3, -0.25) is 10.1 Å². The molecule has 7 heteroatoms. The maximum Gasteiger partial charge on any atom is 0.318 e. The van der Waals surface area contributed by atoms with Crippen LogP contribution in [0.15, 0.2) is 24.3 Å². The number of hydrogen-bond donors (Lipinski definition) is 2. The third-order valence-electron chi connectivity index (χ3n) is 12.8. The Kier molecular flexibility index (Phi) is 21.2. The summed E-state index contributed by atoms with van der Waals surface area (Å²) >= 11 is 0. The van der Waals surface area contributed by atoms with Crippen molar-refractivity contribution >= 4 is 52.1 Å². The first kappa shape index (κ1) is 47.1. The fourth-order valence-electron chi connectivity index (χ4n) is 9.19. The molecule has 0 aromatic carbocycles. The van der Waals surface area contributed by atoms with E-state index in [-0.39, 0.29) is 10.6 Å². The molecule has 0 radical (unpaired) electrons. The summed E-state index contributed by atoms with van der Waals surface area (Å²) in [5.74, 6) is 0. The molecule has 8 bridgehead atoms. The third kappa shape index (κ3) is 14.9. The van der Waals surface area contributed by atoms with Crippen LogP contribution >= 0.6 is 0 Å². The van der Waals surface area contributed by atoms with Gasteiger partial charge in [0.15, 0.2) is 0 Å². The van der Waals surface area contributed by atoms with Crippen molar-refractivity contribution < 1.29 is 4.92 Å². The molecule has 2 aliphatic rings. The third-order valence-corrected chi connectivity index (χ3v) is 12.8. The van der Waals surface area contributed by atoms with Gasteiger partial charge in [-0.15, -0.1) is 0 Å². The highest BCUT2D eigenvalue weighted by atomic mass is 16.6.